The van der Waals surface area contributed by atoms with Crippen molar-refractivity contribution < 1.29 is 9.13 Å². The van der Waals surface area contributed by atoms with Crippen LogP contribution < -0.4 is 9.80 Å². The van der Waals surface area contributed by atoms with Crippen LogP contribution in [0.4, 0.5) is 15.3 Å². The molecule has 0 saturated carbocycles. The second-order valence-corrected chi connectivity index (χ2v) is 8.37. The Bertz CT molecular complexity index is 1010. The summed E-state index contributed by atoms with van der Waals surface area (Å²) in [7, 11) is 0. The Kier molecular flexibility index (Phi) is 4.78. The fourth-order valence-corrected chi connectivity index (χ4v) is 4.98. The number of fused-ring (bicyclic) bond motifs is 1. The smallest absolute Gasteiger partial charge is 0.186 e. The lowest BCUT2D eigenvalue weighted by atomic mass is 10.1. The number of anilines is 2. The molecule has 0 aliphatic carbocycles. The van der Waals surface area contributed by atoms with E-state index in [0.717, 1.165) is 45.5 Å². The predicted octanol–water partition coefficient (Wildman–Crippen LogP) is 3.79. The molecule has 2 aliphatic heterocycles. The number of ether oxygens (including phenoxy) is 1. The molecule has 2 saturated heterocycles. The molecule has 6 nitrogen and oxygen atoms in total. The van der Waals surface area contributed by atoms with Gasteiger partial charge in [0.05, 0.1) is 35.2 Å². The second-order valence-electron chi connectivity index (χ2n) is 6.96. The fourth-order valence-electron chi connectivity index (χ4n) is 3.65. The van der Waals surface area contributed by atoms with Gasteiger partial charge in [0.15, 0.2) is 5.13 Å². The maximum Gasteiger partial charge on any atom is 0.186 e. The highest BCUT2D eigenvalue weighted by molar-refractivity contribution is 7.19. The number of hydrogen-bond donors (Lipinski definition) is 0. The first-order chi connectivity index (χ1) is 13.7. The average Bonchev–Trinajstić information content (AvgIpc) is 3.37. The van der Waals surface area contributed by atoms with Crippen molar-refractivity contribution >= 4 is 44.9 Å². The van der Waals surface area contributed by atoms with E-state index in [9.17, 15) is 4.39 Å². The van der Waals surface area contributed by atoms with Crippen molar-refractivity contribution in [1.82, 2.24) is 15.0 Å². The molecule has 0 radical (unpaired) electrons. The van der Waals surface area contributed by atoms with Crippen LogP contribution in [-0.2, 0) is 4.74 Å². The first-order valence-electron chi connectivity index (χ1n) is 9.32. The molecule has 28 heavy (non-hydrogen) atoms. The Morgan fingerprint density at radius 1 is 1.11 bits per heavy atom. The Labute approximate surface area is 170 Å². The fraction of sp³-hybridized carbons (Fsp3) is 0.421. The molecule has 0 N–H and O–H groups in total. The van der Waals surface area contributed by atoms with E-state index in [1.165, 1.54) is 0 Å². The molecule has 3 aromatic heterocycles. The van der Waals surface area contributed by atoms with Crippen LogP contribution in [0.25, 0.3) is 21.5 Å². The van der Waals surface area contributed by atoms with Crippen molar-refractivity contribution in [2.75, 3.05) is 49.2 Å². The van der Waals surface area contributed by atoms with Crippen LogP contribution in [0.15, 0.2) is 24.5 Å². The van der Waals surface area contributed by atoms with Crippen molar-refractivity contribution in [3.8, 4) is 10.4 Å². The van der Waals surface area contributed by atoms with Crippen LogP contribution in [0, 0.1) is 0 Å². The molecule has 0 aromatic carbocycles. The van der Waals surface area contributed by atoms with E-state index in [2.05, 4.69) is 14.9 Å². The van der Waals surface area contributed by atoms with Gasteiger partial charge < -0.3 is 14.5 Å². The number of pyridine rings is 2. The quantitative estimate of drug-likeness (QED) is 0.643. The summed E-state index contributed by atoms with van der Waals surface area (Å²) in [5.74, 6) is 0.760. The van der Waals surface area contributed by atoms with Gasteiger partial charge in [0.1, 0.15) is 17.5 Å². The van der Waals surface area contributed by atoms with Gasteiger partial charge in [0.2, 0.25) is 0 Å². The van der Waals surface area contributed by atoms with Crippen LogP contribution >= 0.6 is 22.9 Å². The van der Waals surface area contributed by atoms with Gasteiger partial charge in [-0.25, -0.2) is 14.4 Å². The molecule has 1 atom stereocenters. The van der Waals surface area contributed by atoms with E-state index in [1.54, 1.807) is 17.5 Å². The van der Waals surface area contributed by atoms with E-state index in [1.807, 2.05) is 23.2 Å². The number of nitrogens with zero attached hydrogens (tertiary/aromatic N) is 5. The minimum absolute atomic E-state index is 0.379. The van der Waals surface area contributed by atoms with Crippen LogP contribution in [0.1, 0.15) is 6.42 Å². The second kappa shape index (κ2) is 7.42. The molecule has 5 heterocycles. The van der Waals surface area contributed by atoms with E-state index < -0.39 is 6.17 Å². The summed E-state index contributed by atoms with van der Waals surface area (Å²) in [6.07, 6.45) is 3.24. The van der Waals surface area contributed by atoms with Crippen molar-refractivity contribution in [3.63, 3.8) is 0 Å². The van der Waals surface area contributed by atoms with Crippen LogP contribution in [0.5, 0.6) is 0 Å². The normalized spacial score (nSPS) is 20.3. The number of halogens is 2. The summed E-state index contributed by atoms with van der Waals surface area (Å²) < 4.78 is 19.1. The van der Waals surface area contributed by atoms with E-state index in [0.29, 0.717) is 37.7 Å². The number of aromatic nitrogens is 3. The highest BCUT2D eigenvalue weighted by Gasteiger charge is 2.24. The SMILES string of the molecule is FC1CCN(c2ccc3ncc(Cl)c(-c4cnc(N5CCOCC5)s4)c3n2)C1. The number of alkyl halides is 1. The molecule has 0 amide bonds. The largest absolute Gasteiger partial charge is 0.378 e. The van der Waals surface area contributed by atoms with Gasteiger partial charge in [0.25, 0.3) is 0 Å². The zero-order valence-electron chi connectivity index (χ0n) is 15.1. The highest BCUT2D eigenvalue weighted by Crippen LogP contribution is 2.39. The van der Waals surface area contributed by atoms with Gasteiger partial charge >= 0.3 is 0 Å². The maximum absolute atomic E-state index is 13.6. The number of hydrogen-bond acceptors (Lipinski definition) is 7. The number of thiazole rings is 1. The first-order valence-corrected chi connectivity index (χ1v) is 10.5. The summed E-state index contributed by atoms with van der Waals surface area (Å²) in [6.45, 7) is 4.14. The molecule has 146 valence electrons. The van der Waals surface area contributed by atoms with E-state index in [-0.39, 0.29) is 0 Å². The molecule has 5 rings (SSSR count). The first kappa shape index (κ1) is 18.0. The molecular formula is C19H19ClFN5OS. The van der Waals surface area contributed by atoms with Gasteiger partial charge in [-0.15, -0.1) is 0 Å². The Hall–Kier alpha value is -2.03. The third-order valence-electron chi connectivity index (χ3n) is 5.13. The third-order valence-corrected chi connectivity index (χ3v) is 6.49. The molecule has 9 heteroatoms. The molecule has 3 aromatic rings. The molecule has 0 spiro atoms. The molecular weight excluding hydrogens is 401 g/mol. The minimum Gasteiger partial charge on any atom is -0.378 e. The maximum atomic E-state index is 13.6. The lowest BCUT2D eigenvalue weighted by Gasteiger charge is -2.26. The molecule has 0 bridgehead atoms. The Morgan fingerprint density at radius 3 is 2.75 bits per heavy atom. The lowest BCUT2D eigenvalue weighted by molar-refractivity contribution is 0.122. The van der Waals surface area contributed by atoms with Crippen molar-refractivity contribution in [2.45, 2.75) is 12.6 Å². The van der Waals surface area contributed by atoms with Gasteiger partial charge in [-0.05, 0) is 18.6 Å². The van der Waals surface area contributed by atoms with Gasteiger partial charge in [0, 0.05) is 37.6 Å². The van der Waals surface area contributed by atoms with Crippen LogP contribution in [0.2, 0.25) is 5.02 Å². The molecule has 1 unspecified atom stereocenters. The van der Waals surface area contributed by atoms with Gasteiger partial charge in [-0.3, -0.25) is 4.98 Å². The van der Waals surface area contributed by atoms with E-state index in [4.69, 9.17) is 21.3 Å². The molecule has 2 fully saturated rings. The summed E-state index contributed by atoms with van der Waals surface area (Å²) >= 11 is 8.13. The Morgan fingerprint density at radius 2 is 1.96 bits per heavy atom. The summed E-state index contributed by atoms with van der Waals surface area (Å²) in [5.41, 5.74) is 2.33. The standard InChI is InChI=1S/C19H19ClFN5OS/c20-13-9-22-14-1-2-16(26-4-3-12(21)11-26)24-18(14)17(13)15-10-23-19(28-15)25-5-7-27-8-6-25/h1-2,9-10,12H,3-8,11H2. The summed E-state index contributed by atoms with van der Waals surface area (Å²) in [6, 6.07) is 3.82. The predicted molar refractivity (Wildman–Crippen MR) is 110 cm³/mol. The third kappa shape index (κ3) is 3.29. The van der Waals surface area contributed by atoms with Crippen molar-refractivity contribution in [2.24, 2.45) is 0 Å². The lowest BCUT2D eigenvalue weighted by Crippen LogP contribution is -2.36. The van der Waals surface area contributed by atoms with Crippen molar-refractivity contribution in [1.29, 1.82) is 0 Å². The highest BCUT2D eigenvalue weighted by atomic mass is 35.5. The monoisotopic (exact) mass is 419 g/mol. The van der Waals surface area contributed by atoms with Crippen LogP contribution in [0.3, 0.4) is 0 Å². The zero-order valence-corrected chi connectivity index (χ0v) is 16.7. The number of morpholine rings is 1. The summed E-state index contributed by atoms with van der Waals surface area (Å²) in [5, 5.41) is 1.49. The van der Waals surface area contributed by atoms with Gasteiger partial charge in [-0.1, -0.05) is 22.9 Å². The topological polar surface area (TPSA) is 54.4 Å². The minimum atomic E-state index is -0.799. The molecule has 2 aliphatic rings. The van der Waals surface area contributed by atoms with Crippen molar-refractivity contribution in [3.05, 3.63) is 29.5 Å². The Balaban J connectivity index is 1.56. The zero-order chi connectivity index (χ0) is 19.1. The van der Waals surface area contributed by atoms with Gasteiger partial charge in [-0.2, -0.15) is 0 Å². The average molecular weight is 420 g/mol. The summed E-state index contributed by atoms with van der Waals surface area (Å²) in [4.78, 5) is 19.0. The number of rotatable bonds is 3. The van der Waals surface area contributed by atoms with Crippen LogP contribution in [-0.4, -0.2) is 60.5 Å². The van der Waals surface area contributed by atoms with E-state index >= 15 is 0 Å².